The summed E-state index contributed by atoms with van der Waals surface area (Å²) >= 11 is 0. The number of benzene rings is 2. The lowest BCUT2D eigenvalue weighted by Crippen LogP contribution is -2.41. The Bertz CT molecular complexity index is 1280. The Morgan fingerprint density at radius 1 is 1.12 bits per heavy atom. The summed E-state index contributed by atoms with van der Waals surface area (Å²) in [5, 5.41) is 20.8. The van der Waals surface area contributed by atoms with Gasteiger partial charge >= 0.3 is 11.9 Å². The molecule has 1 heterocycles. The molecule has 1 aromatic heterocycles. The molecule has 0 fully saturated rings. The highest BCUT2D eigenvalue weighted by molar-refractivity contribution is 5.97. The first-order valence-corrected chi connectivity index (χ1v) is 10.7. The van der Waals surface area contributed by atoms with Crippen LogP contribution in [0.3, 0.4) is 0 Å². The third kappa shape index (κ3) is 5.58. The Morgan fingerprint density at radius 3 is 2.41 bits per heavy atom. The number of fused-ring (bicyclic) bond motifs is 1. The number of hydrogen-bond donors (Lipinski definition) is 4. The number of amides is 1. The molecule has 3 aromatic rings. The van der Waals surface area contributed by atoms with Gasteiger partial charge in [-0.05, 0) is 62.2 Å². The van der Waals surface area contributed by atoms with E-state index in [0.717, 1.165) is 11.3 Å². The standard InChI is InChI=1S/C24H26N4O6/c1-13(16-6-9-19-18(12-16)23(32)26-14(2)25-19)28(3)17-7-4-15(5-8-17)22(31)27-20(24(33)34)10-11-21(29)30/h4-9,12-13,20H,10-11H2,1-3H3,(H,27,31)(H,29,30)(H,33,34)(H,25,26,32)/t13?,20-/m0/s1. The lowest BCUT2D eigenvalue weighted by Gasteiger charge is -2.28. The summed E-state index contributed by atoms with van der Waals surface area (Å²) in [4.78, 5) is 55.8. The molecular weight excluding hydrogens is 440 g/mol. The molecule has 10 heteroatoms. The van der Waals surface area contributed by atoms with Crippen LogP contribution in [0.5, 0.6) is 0 Å². The second-order valence-electron chi connectivity index (χ2n) is 8.06. The van der Waals surface area contributed by atoms with Crippen molar-refractivity contribution in [1.82, 2.24) is 15.3 Å². The molecule has 4 N–H and O–H groups in total. The summed E-state index contributed by atoms with van der Waals surface area (Å²) < 4.78 is 0. The Hall–Kier alpha value is -4.21. The number of nitrogens with zero attached hydrogens (tertiary/aromatic N) is 2. The highest BCUT2D eigenvalue weighted by Crippen LogP contribution is 2.27. The summed E-state index contributed by atoms with van der Waals surface area (Å²) in [6, 6.07) is 10.8. The van der Waals surface area contributed by atoms with Crippen molar-refractivity contribution in [1.29, 1.82) is 0 Å². The predicted octanol–water partition coefficient (Wildman–Crippen LogP) is 2.48. The second kappa shape index (κ2) is 10.2. The Balaban J connectivity index is 1.74. The van der Waals surface area contributed by atoms with E-state index in [-0.39, 0.29) is 30.0 Å². The van der Waals surface area contributed by atoms with Crippen molar-refractivity contribution in [2.75, 3.05) is 11.9 Å². The van der Waals surface area contributed by atoms with Gasteiger partial charge in [0.1, 0.15) is 11.9 Å². The lowest BCUT2D eigenvalue weighted by molar-refractivity contribution is -0.140. The third-order valence-corrected chi connectivity index (χ3v) is 5.70. The maximum Gasteiger partial charge on any atom is 0.326 e. The largest absolute Gasteiger partial charge is 0.481 e. The first-order valence-electron chi connectivity index (χ1n) is 10.7. The van der Waals surface area contributed by atoms with Crippen LogP contribution in [0.1, 0.15) is 47.6 Å². The van der Waals surface area contributed by atoms with Gasteiger partial charge in [-0.1, -0.05) is 6.07 Å². The number of rotatable bonds is 9. The van der Waals surface area contributed by atoms with Crippen LogP contribution < -0.4 is 15.8 Å². The molecule has 0 saturated carbocycles. The van der Waals surface area contributed by atoms with E-state index < -0.39 is 23.9 Å². The van der Waals surface area contributed by atoms with Crippen LogP contribution in [0.25, 0.3) is 10.9 Å². The molecule has 0 radical (unpaired) electrons. The number of carbonyl (C=O) groups is 3. The molecule has 10 nitrogen and oxygen atoms in total. The number of hydrogen-bond acceptors (Lipinski definition) is 6. The van der Waals surface area contributed by atoms with Gasteiger partial charge in [-0.3, -0.25) is 14.4 Å². The summed E-state index contributed by atoms with van der Waals surface area (Å²) in [6.07, 6.45) is -0.576. The van der Waals surface area contributed by atoms with Crippen LogP contribution in [-0.4, -0.2) is 51.1 Å². The summed E-state index contributed by atoms with van der Waals surface area (Å²) in [6.45, 7) is 3.71. The molecule has 0 aliphatic carbocycles. The van der Waals surface area contributed by atoms with Gasteiger partial charge in [0.25, 0.3) is 11.5 Å². The van der Waals surface area contributed by atoms with Gasteiger partial charge in [0.2, 0.25) is 0 Å². The monoisotopic (exact) mass is 466 g/mol. The van der Waals surface area contributed by atoms with E-state index in [4.69, 9.17) is 5.11 Å². The number of aryl methyl sites for hydroxylation is 1. The Labute approximate surface area is 195 Å². The minimum Gasteiger partial charge on any atom is -0.481 e. The van der Waals surface area contributed by atoms with Crippen LogP contribution in [0.2, 0.25) is 0 Å². The maximum absolute atomic E-state index is 12.4. The van der Waals surface area contributed by atoms with E-state index in [9.17, 15) is 24.3 Å². The van der Waals surface area contributed by atoms with E-state index >= 15 is 0 Å². The van der Waals surface area contributed by atoms with Crippen LogP contribution in [0.15, 0.2) is 47.3 Å². The fourth-order valence-electron chi connectivity index (χ4n) is 3.60. The molecule has 1 unspecified atom stereocenters. The van der Waals surface area contributed by atoms with Gasteiger partial charge in [0, 0.05) is 24.7 Å². The minimum absolute atomic E-state index is 0.0998. The molecular formula is C24H26N4O6. The average molecular weight is 466 g/mol. The van der Waals surface area contributed by atoms with Crippen LogP contribution in [0.4, 0.5) is 5.69 Å². The summed E-state index contributed by atoms with van der Waals surface area (Å²) in [5.74, 6) is -2.48. The molecule has 1 amide bonds. The molecule has 0 aliphatic rings. The first-order chi connectivity index (χ1) is 16.1. The van der Waals surface area contributed by atoms with Gasteiger partial charge in [0.15, 0.2) is 0 Å². The van der Waals surface area contributed by atoms with Crippen molar-refractivity contribution in [3.8, 4) is 0 Å². The minimum atomic E-state index is -1.29. The molecule has 0 saturated heterocycles. The molecule has 34 heavy (non-hydrogen) atoms. The zero-order valence-electron chi connectivity index (χ0n) is 19.0. The third-order valence-electron chi connectivity index (χ3n) is 5.70. The van der Waals surface area contributed by atoms with E-state index in [1.54, 1.807) is 31.2 Å². The van der Waals surface area contributed by atoms with Gasteiger partial charge in [-0.25, -0.2) is 9.78 Å². The zero-order chi connectivity index (χ0) is 25.0. The maximum atomic E-state index is 12.4. The second-order valence-corrected chi connectivity index (χ2v) is 8.06. The highest BCUT2D eigenvalue weighted by atomic mass is 16.4. The zero-order valence-corrected chi connectivity index (χ0v) is 19.0. The van der Waals surface area contributed by atoms with Gasteiger partial charge in [-0.15, -0.1) is 0 Å². The van der Waals surface area contributed by atoms with Gasteiger partial charge in [-0.2, -0.15) is 0 Å². The van der Waals surface area contributed by atoms with Crippen LogP contribution in [-0.2, 0) is 9.59 Å². The van der Waals surface area contributed by atoms with Crippen LogP contribution >= 0.6 is 0 Å². The SMILES string of the molecule is Cc1nc2ccc(C(C)N(C)c3ccc(C(=O)N[C@@H](CCC(=O)O)C(=O)O)cc3)cc2c(=O)[nH]1. The van der Waals surface area contributed by atoms with Crippen molar-refractivity contribution in [2.45, 2.75) is 38.8 Å². The normalized spacial score (nSPS) is 12.7. The van der Waals surface area contributed by atoms with E-state index in [2.05, 4.69) is 15.3 Å². The van der Waals surface area contributed by atoms with Crippen molar-refractivity contribution in [3.05, 3.63) is 69.8 Å². The Kier molecular flexibility index (Phi) is 7.30. The quantitative estimate of drug-likeness (QED) is 0.375. The predicted molar refractivity (Wildman–Crippen MR) is 126 cm³/mol. The number of nitrogens with one attached hydrogen (secondary N) is 2. The van der Waals surface area contributed by atoms with Crippen molar-refractivity contribution >= 4 is 34.4 Å². The number of carboxylic acids is 2. The molecule has 0 spiro atoms. The van der Waals surface area contributed by atoms with Crippen molar-refractivity contribution in [3.63, 3.8) is 0 Å². The lowest BCUT2D eigenvalue weighted by atomic mass is 10.0. The van der Waals surface area contributed by atoms with Crippen molar-refractivity contribution in [2.24, 2.45) is 0 Å². The van der Waals surface area contributed by atoms with Crippen molar-refractivity contribution < 1.29 is 24.6 Å². The molecule has 0 aliphatic heterocycles. The fourth-order valence-corrected chi connectivity index (χ4v) is 3.60. The van der Waals surface area contributed by atoms with Gasteiger partial charge in [0.05, 0.1) is 16.9 Å². The number of H-pyrrole nitrogens is 1. The van der Waals surface area contributed by atoms with E-state index in [1.165, 1.54) is 0 Å². The Morgan fingerprint density at radius 2 is 1.79 bits per heavy atom. The van der Waals surface area contributed by atoms with E-state index in [0.29, 0.717) is 16.7 Å². The average Bonchev–Trinajstić information content (AvgIpc) is 2.80. The number of carbonyl (C=O) groups excluding carboxylic acids is 1. The number of anilines is 1. The number of carboxylic acid groups (broad SMARTS) is 2. The first kappa shape index (κ1) is 24.4. The smallest absolute Gasteiger partial charge is 0.326 e. The molecule has 3 rings (SSSR count). The summed E-state index contributed by atoms with van der Waals surface area (Å²) in [7, 11) is 1.88. The molecule has 178 valence electrons. The number of aromatic nitrogens is 2. The van der Waals surface area contributed by atoms with E-state index in [1.807, 2.05) is 37.1 Å². The number of aromatic amines is 1. The molecule has 2 aromatic carbocycles. The topological polar surface area (TPSA) is 153 Å². The highest BCUT2D eigenvalue weighted by Gasteiger charge is 2.22. The molecule has 2 atom stereocenters. The summed E-state index contributed by atoms with van der Waals surface area (Å²) in [5.41, 5.74) is 2.40. The van der Waals surface area contributed by atoms with Gasteiger partial charge < -0.3 is 25.4 Å². The number of aliphatic carboxylic acids is 2. The fraction of sp³-hybridized carbons (Fsp3) is 0.292. The van der Waals surface area contributed by atoms with Crippen LogP contribution in [0, 0.1) is 6.92 Å². The molecule has 0 bridgehead atoms.